The van der Waals surface area contributed by atoms with Gasteiger partial charge in [0.25, 0.3) is 0 Å². The molecular formula is C11H9F6NO2. The first-order valence-electron chi connectivity index (χ1n) is 5.21. The van der Waals surface area contributed by atoms with Crippen molar-refractivity contribution in [3.8, 4) is 5.75 Å². The number of phenols is 1. The Hall–Kier alpha value is -1.93. The summed E-state index contributed by atoms with van der Waals surface area (Å²) < 4.78 is 73.4. The van der Waals surface area contributed by atoms with Gasteiger partial charge in [-0.2, -0.15) is 26.3 Å². The van der Waals surface area contributed by atoms with Gasteiger partial charge in [0.2, 0.25) is 11.8 Å². The molecule has 0 aliphatic carbocycles. The van der Waals surface area contributed by atoms with Gasteiger partial charge >= 0.3 is 12.4 Å². The second-order valence-corrected chi connectivity index (χ2v) is 3.90. The molecule has 0 fully saturated rings. The van der Waals surface area contributed by atoms with Crippen LogP contribution >= 0.6 is 0 Å². The van der Waals surface area contributed by atoms with Crippen LogP contribution in [0.4, 0.5) is 26.3 Å². The van der Waals surface area contributed by atoms with Gasteiger partial charge in [0.15, 0.2) is 0 Å². The summed E-state index contributed by atoms with van der Waals surface area (Å²) in [6.45, 7) is -0.560. The van der Waals surface area contributed by atoms with E-state index in [4.69, 9.17) is 5.11 Å². The Morgan fingerprint density at radius 1 is 1.15 bits per heavy atom. The number of nitrogens with one attached hydrogen (secondary N) is 1. The molecule has 0 aliphatic heterocycles. The van der Waals surface area contributed by atoms with Crippen molar-refractivity contribution in [2.45, 2.75) is 18.9 Å². The highest BCUT2D eigenvalue weighted by Crippen LogP contribution is 2.39. The molecule has 0 aromatic heterocycles. The van der Waals surface area contributed by atoms with Gasteiger partial charge < -0.3 is 10.4 Å². The monoisotopic (exact) mass is 301 g/mol. The normalized spacial score (nSPS) is 12.6. The SMILES string of the molecule is O=C(NCc1cccc(O)c1)C(C(F)(F)F)C(F)(F)F. The Bertz CT molecular complexity index is 469. The van der Waals surface area contributed by atoms with Crippen molar-refractivity contribution in [2.75, 3.05) is 0 Å². The van der Waals surface area contributed by atoms with Gasteiger partial charge in [-0.3, -0.25) is 4.79 Å². The summed E-state index contributed by atoms with van der Waals surface area (Å²) >= 11 is 0. The average Bonchev–Trinajstić information content (AvgIpc) is 2.22. The maximum absolute atomic E-state index is 12.2. The van der Waals surface area contributed by atoms with Crippen molar-refractivity contribution in [3.63, 3.8) is 0 Å². The number of rotatable bonds is 3. The van der Waals surface area contributed by atoms with Gasteiger partial charge in [-0.1, -0.05) is 12.1 Å². The third kappa shape index (κ3) is 4.32. The highest BCUT2D eigenvalue weighted by Gasteiger charge is 2.60. The third-order valence-electron chi connectivity index (χ3n) is 2.29. The lowest BCUT2D eigenvalue weighted by atomic mass is 10.1. The average molecular weight is 301 g/mol. The van der Waals surface area contributed by atoms with E-state index in [9.17, 15) is 31.1 Å². The number of hydrogen-bond acceptors (Lipinski definition) is 2. The fourth-order valence-corrected chi connectivity index (χ4v) is 1.44. The summed E-state index contributed by atoms with van der Waals surface area (Å²) in [5.41, 5.74) is 0.168. The molecule has 1 aromatic rings. The minimum atomic E-state index is -5.72. The Morgan fingerprint density at radius 2 is 1.70 bits per heavy atom. The van der Waals surface area contributed by atoms with Crippen molar-refractivity contribution in [1.82, 2.24) is 5.32 Å². The Labute approximate surface area is 109 Å². The summed E-state index contributed by atoms with van der Waals surface area (Å²) in [5.74, 6) is -6.49. The molecule has 9 heteroatoms. The lowest BCUT2D eigenvalue weighted by Crippen LogP contribution is -2.47. The first-order chi connectivity index (χ1) is 9.01. The molecule has 0 spiro atoms. The second kappa shape index (κ2) is 5.59. The number of aromatic hydroxyl groups is 1. The zero-order chi connectivity index (χ0) is 15.6. The van der Waals surface area contributed by atoms with E-state index in [-0.39, 0.29) is 11.3 Å². The van der Waals surface area contributed by atoms with Crippen molar-refractivity contribution in [2.24, 2.45) is 5.92 Å². The van der Waals surface area contributed by atoms with Crippen LogP contribution in [0.2, 0.25) is 0 Å². The van der Waals surface area contributed by atoms with Crippen LogP contribution in [0.25, 0.3) is 0 Å². The van der Waals surface area contributed by atoms with Crippen LogP contribution in [0.15, 0.2) is 24.3 Å². The third-order valence-corrected chi connectivity index (χ3v) is 2.29. The molecule has 0 radical (unpaired) electrons. The second-order valence-electron chi connectivity index (χ2n) is 3.90. The van der Waals surface area contributed by atoms with Crippen molar-refractivity contribution >= 4 is 5.91 Å². The van der Waals surface area contributed by atoms with Crippen LogP contribution in [-0.2, 0) is 11.3 Å². The van der Waals surface area contributed by atoms with Crippen LogP contribution < -0.4 is 5.32 Å². The Kier molecular flexibility index (Phi) is 4.51. The topological polar surface area (TPSA) is 49.3 Å². The number of carbonyl (C=O) groups is 1. The Morgan fingerprint density at radius 3 is 2.15 bits per heavy atom. The zero-order valence-electron chi connectivity index (χ0n) is 9.72. The summed E-state index contributed by atoms with van der Waals surface area (Å²) in [6, 6.07) is 5.04. The van der Waals surface area contributed by atoms with Crippen LogP contribution in [0.1, 0.15) is 5.56 Å². The standard InChI is InChI=1S/C11H9F6NO2/c12-10(13,14)8(11(15,16)17)9(20)18-5-6-2-1-3-7(19)4-6/h1-4,8,19H,5H2,(H,18,20). The van der Waals surface area contributed by atoms with E-state index >= 15 is 0 Å². The molecule has 1 amide bonds. The van der Waals surface area contributed by atoms with Crippen LogP contribution in [-0.4, -0.2) is 23.4 Å². The highest BCUT2D eigenvalue weighted by atomic mass is 19.4. The fourth-order valence-electron chi connectivity index (χ4n) is 1.44. The maximum Gasteiger partial charge on any atom is 0.409 e. The number of phenolic OH excluding ortho intramolecular Hbond substituents is 1. The van der Waals surface area contributed by atoms with E-state index < -0.39 is 30.7 Å². The molecule has 1 rings (SSSR count). The number of hydrogen-bond donors (Lipinski definition) is 2. The van der Waals surface area contributed by atoms with Gasteiger partial charge in [0, 0.05) is 6.54 Å². The van der Waals surface area contributed by atoms with Crippen molar-refractivity contribution in [3.05, 3.63) is 29.8 Å². The summed E-state index contributed by atoms with van der Waals surface area (Å²) in [4.78, 5) is 11.1. The first kappa shape index (κ1) is 16.1. The molecule has 0 saturated heterocycles. The van der Waals surface area contributed by atoms with E-state index in [0.717, 1.165) is 6.07 Å². The van der Waals surface area contributed by atoms with Gasteiger partial charge in [-0.15, -0.1) is 0 Å². The van der Waals surface area contributed by atoms with Crippen LogP contribution in [0, 0.1) is 5.92 Å². The molecule has 2 N–H and O–H groups in total. The Balaban J connectivity index is 2.78. The van der Waals surface area contributed by atoms with E-state index in [0.29, 0.717) is 0 Å². The minimum Gasteiger partial charge on any atom is -0.508 e. The highest BCUT2D eigenvalue weighted by molar-refractivity contribution is 5.80. The molecule has 0 aliphatic rings. The molecule has 0 heterocycles. The first-order valence-corrected chi connectivity index (χ1v) is 5.21. The lowest BCUT2D eigenvalue weighted by Gasteiger charge is -2.22. The quantitative estimate of drug-likeness (QED) is 0.843. The lowest BCUT2D eigenvalue weighted by molar-refractivity contribution is -0.274. The summed E-state index contributed by atoms with van der Waals surface area (Å²) in [5, 5.41) is 10.6. The predicted molar refractivity (Wildman–Crippen MR) is 55.6 cm³/mol. The molecule has 0 bridgehead atoms. The molecule has 20 heavy (non-hydrogen) atoms. The molecule has 0 saturated carbocycles. The molecule has 1 aromatic carbocycles. The molecular weight excluding hydrogens is 292 g/mol. The van der Waals surface area contributed by atoms with E-state index in [1.54, 1.807) is 5.32 Å². The van der Waals surface area contributed by atoms with Crippen molar-refractivity contribution < 1.29 is 36.2 Å². The molecule has 3 nitrogen and oxygen atoms in total. The summed E-state index contributed by atoms with van der Waals surface area (Å²) in [7, 11) is 0. The maximum atomic E-state index is 12.2. The number of benzene rings is 1. The van der Waals surface area contributed by atoms with E-state index in [1.165, 1.54) is 18.2 Å². The van der Waals surface area contributed by atoms with E-state index in [1.807, 2.05) is 0 Å². The minimum absolute atomic E-state index is 0.168. The van der Waals surface area contributed by atoms with E-state index in [2.05, 4.69) is 0 Å². The van der Waals surface area contributed by atoms with Crippen LogP contribution in [0.3, 0.4) is 0 Å². The largest absolute Gasteiger partial charge is 0.508 e. The van der Waals surface area contributed by atoms with Crippen LogP contribution in [0.5, 0.6) is 5.75 Å². The zero-order valence-corrected chi connectivity index (χ0v) is 9.72. The number of amides is 1. The number of carbonyl (C=O) groups excluding carboxylic acids is 1. The van der Waals surface area contributed by atoms with Crippen molar-refractivity contribution in [1.29, 1.82) is 0 Å². The molecule has 112 valence electrons. The predicted octanol–water partition coefficient (Wildman–Crippen LogP) is 2.75. The van der Waals surface area contributed by atoms with Gasteiger partial charge in [0.05, 0.1) is 0 Å². The molecule has 0 atom stereocenters. The number of halogens is 6. The van der Waals surface area contributed by atoms with Gasteiger partial charge in [-0.25, -0.2) is 0 Å². The smallest absolute Gasteiger partial charge is 0.409 e. The van der Waals surface area contributed by atoms with Gasteiger partial charge in [0.1, 0.15) is 5.75 Å². The van der Waals surface area contributed by atoms with Gasteiger partial charge in [-0.05, 0) is 17.7 Å². The number of alkyl halides is 6. The summed E-state index contributed by atoms with van der Waals surface area (Å²) in [6.07, 6.45) is -11.4. The molecule has 0 unspecified atom stereocenters. The fraction of sp³-hybridized carbons (Fsp3) is 0.364.